The maximum absolute atomic E-state index is 13.3. The van der Waals surface area contributed by atoms with E-state index in [-0.39, 0.29) is 11.4 Å². The third-order valence-electron chi connectivity index (χ3n) is 5.83. The third-order valence-corrected chi connectivity index (χ3v) is 5.83. The van der Waals surface area contributed by atoms with Crippen molar-refractivity contribution in [3.8, 4) is 5.75 Å². The van der Waals surface area contributed by atoms with Gasteiger partial charge in [0.15, 0.2) is 12.2 Å². The summed E-state index contributed by atoms with van der Waals surface area (Å²) in [7, 11) is 0.994. The molecule has 6 atom stereocenters. The monoisotopic (exact) mass is 612 g/mol. The third kappa shape index (κ3) is 9.63. The number of benzene rings is 1. The highest BCUT2D eigenvalue weighted by Crippen LogP contribution is 2.38. The maximum atomic E-state index is 13.3. The van der Waals surface area contributed by atoms with Crippen LogP contribution in [-0.2, 0) is 57.2 Å². The van der Waals surface area contributed by atoms with Crippen molar-refractivity contribution in [1.82, 2.24) is 5.32 Å². The number of esters is 5. The van der Waals surface area contributed by atoms with Crippen LogP contribution in [0.1, 0.15) is 41.0 Å². The maximum Gasteiger partial charge on any atom is 0.379 e. The standard InChI is InChI=1S/C26H32N2O15/c1-13(29)27-22-20(39-15(3)31)11-26(25(34)37-6,42-19-9-7-18(8-10-19)28(35)36)43-24(22)23(41-17(5)33)21(40-16(4)32)12-38-14(2)30/h7-10,20-24H,11-12H2,1-6H3,(H,27,29)/t20-,21+,22+,23+,24+,26+/m0/s1. The van der Waals surface area contributed by atoms with Gasteiger partial charge in [0.05, 0.1) is 24.5 Å². The zero-order valence-corrected chi connectivity index (χ0v) is 24.2. The molecule has 1 heterocycles. The number of carbonyl (C=O) groups is 6. The molecule has 1 aromatic rings. The number of amides is 1. The van der Waals surface area contributed by atoms with Crippen LogP contribution in [0.25, 0.3) is 0 Å². The van der Waals surface area contributed by atoms with Crippen molar-refractivity contribution in [3.63, 3.8) is 0 Å². The van der Waals surface area contributed by atoms with Crippen molar-refractivity contribution in [2.75, 3.05) is 13.7 Å². The van der Waals surface area contributed by atoms with Crippen molar-refractivity contribution in [2.45, 2.75) is 77.3 Å². The molecule has 1 aromatic carbocycles. The summed E-state index contributed by atoms with van der Waals surface area (Å²) in [4.78, 5) is 84.1. The fourth-order valence-corrected chi connectivity index (χ4v) is 4.33. The Morgan fingerprint density at radius 2 is 1.58 bits per heavy atom. The van der Waals surface area contributed by atoms with Gasteiger partial charge in [-0.1, -0.05) is 0 Å². The summed E-state index contributed by atoms with van der Waals surface area (Å²) >= 11 is 0. The van der Waals surface area contributed by atoms with Gasteiger partial charge >= 0.3 is 35.6 Å². The molecule has 1 aliphatic rings. The Hall–Kier alpha value is -4.80. The smallest absolute Gasteiger partial charge is 0.379 e. The molecule has 43 heavy (non-hydrogen) atoms. The van der Waals surface area contributed by atoms with E-state index in [1.807, 2.05) is 0 Å². The minimum absolute atomic E-state index is 0.130. The summed E-state index contributed by atoms with van der Waals surface area (Å²) in [6, 6.07) is 3.12. The van der Waals surface area contributed by atoms with E-state index < -0.39 is 89.9 Å². The first-order chi connectivity index (χ1) is 20.1. The zero-order chi connectivity index (χ0) is 32.5. The van der Waals surface area contributed by atoms with E-state index in [0.29, 0.717) is 0 Å². The normalized spacial score (nSPS) is 22.5. The highest BCUT2D eigenvalue weighted by molar-refractivity contribution is 5.79. The van der Waals surface area contributed by atoms with E-state index >= 15 is 0 Å². The molecule has 0 saturated carbocycles. The van der Waals surface area contributed by atoms with Crippen LogP contribution >= 0.6 is 0 Å². The molecule has 1 fully saturated rings. The predicted octanol–water partition coefficient (Wildman–Crippen LogP) is 0.495. The van der Waals surface area contributed by atoms with E-state index in [9.17, 15) is 38.9 Å². The molecule has 17 heteroatoms. The molecule has 1 amide bonds. The van der Waals surface area contributed by atoms with Crippen LogP contribution in [0.3, 0.4) is 0 Å². The molecule has 1 N–H and O–H groups in total. The van der Waals surface area contributed by atoms with Gasteiger partial charge in [-0.2, -0.15) is 0 Å². The van der Waals surface area contributed by atoms with E-state index in [1.165, 1.54) is 0 Å². The number of nitro groups is 1. The molecule has 0 bridgehead atoms. The summed E-state index contributed by atoms with van der Waals surface area (Å²) in [6.07, 6.45) is -7.03. The van der Waals surface area contributed by atoms with E-state index in [0.717, 1.165) is 66.0 Å². The van der Waals surface area contributed by atoms with E-state index in [2.05, 4.69) is 5.32 Å². The largest absolute Gasteiger partial charge is 0.464 e. The van der Waals surface area contributed by atoms with Crippen LogP contribution < -0.4 is 10.1 Å². The number of methoxy groups -OCH3 is 1. The second kappa shape index (κ2) is 14.9. The highest BCUT2D eigenvalue weighted by atomic mass is 16.7. The van der Waals surface area contributed by atoms with Crippen molar-refractivity contribution >= 4 is 41.4 Å². The fourth-order valence-electron chi connectivity index (χ4n) is 4.33. The SMILES string of the molecule is COC(=O)[C@@]1(Oc2ccc([N+](=O)[O-])cc2)C[C@H](OC(C)=O)[C@@H](NC(C)=O)[C@H]([C@H](OC(C)=O)[C@@H](COC(C)=O)OC(C)=O)O1. The van der Waals surface area contributed by atoms with Crippen LogP contribution in [-0.4, -0.2) is 90.6 Å². The molecular weight excluding hydrogens is 580 g/mol. The summed E-state index contributed by atoms with van der Waals surface area (Å²) in [5, 5.41) is 13.6. The Labute approximate surface area is 245 Å². The topological polar surface area (TPSA) is 222 Å². The van der Waals surface area contributed by atoms with Gasteiger partial charge in [-0.05, 0) is 12.1 Å². The van der Waals surface area contributed by atoms with Gasteiger partial charge in [0.2, 0.25) is 5.91 Å². The highest BCUT2D eigenvalue weighted by Gasteiger charge is 2.60. The van der Waals surface area contributed by atoms with E-state index in [1.54, 1.807) is 0 Å². The second-order valence-corrected chi connectivity index (χ2v) is 9.28. The Kier molecular flexibility index (Phi) is 11.9. The Morgan fingerprint density at radius 3 is 2.05 bits per heavy atom. The average molecular weight is 613 g/mol. The molecule has 0 unspecified atom stereocenters. The lowest BCUT2D eigenvalue weighted by Crippen LogP contribution is -2.70. The van der Waals surface area contributed by atoms with Crippen molar-refractivity contribution in [1.29, 1.82) is 0 Å². The number of hydrogen-bond acceptors (Lipinski definition) is 15. The van der Waals surface area contributed by atoms with Crippen LogP contribution in [0.15, 0.2) is 24.3 Å². The average Bonchev–Trinajstić information content (AvgIpc) is 2.90. The van der Waals surface area contributed by atoms with Gasteiger partial charge in [-0.25, -0.2) is 4.79 Å². The van der Waals surface area contributed by atoms with Crippen molar-refractivity contribution in [2.24, 2.45) is 0 Å². The molecule has 0 aromatic heterocycles. The lowest BCUT2D eigenvalue weighted by atomic mass is 9.88. The molecule has 0 spiro atoms. The fraction of sp³-hybridized carbons (Fsp3) is 0.538. The van der Waals surface area contributed by atoms with Crippen LogP contribution in [0.2, 0.25) is 0 Å². The number of nitrogens with one attached hydrogen (secondary N) is 1. The number of nitrogens with zero attached hydrogens (tertiary/aromatic N) is 1. The summed E-state index contributed by atoms with van der Waals surface area (Å²) in [6.45, 7) is 4.62. The van der Waals surface area contributed by atoms with Crippen molar-refractivity contribution < 1.29 is 66.8 Å². The first-order valence-electron chi connectivity index (χ1n) is 12.7. The number of ether oxygens (including phenoxy) is 7. The quantitative estimate of drug-likeness (QED) is 0.147. The molecule has 1 aliphatic heterocycles. The van der Waals surface area contributed by atoms with Crippen LogP contribution in [0.4, 0.5) is 5.69 Å². The van der Waals surface area contributed by atoms with Gasteiger partial charge in [0, 0.05) is 46.8 Å². The lowest BCUT2D eigenvalue weighted by molar-refractivity contribution is -0.384. The number of carbonyl (C=O) groups excluding carboxylic acids is 6. The second-order valence-electron chi connectivity index (χ2n) is 9.28. The Bertz CT molecular complexity index is 1230. The van der Waals surface area contributed by atoms with E-state index in [4.69, 9.17) is 33.2 Å². The van der Waals surface area contributed by atoms with Crippen LogP contribution in [0.5, 0.6) is 5.75 Å². The zero-order valence-electron chi connectivity index (χ0n) is 24.2. The first kappa shape index (κ1) is 34.4. The summed E-state index contributed by atoms with van der Waals surface area (Å²) in [5.74, 6) is -7.94. The molecule has 236 valence electrons. The van der Waals surface area contributed by atoms with Gasteiger partial charge in [0.1, 0.15) is 24.6 Å². The molecule has 0 aliphatic carbocycles. The van der Waals surface area contributed by atoms with Gasteiger partial charge in [-0.15, -0.1) is 0 Å². The van der Waals surface area contributed by atoms with Gasteiger partial charge in [-0.3, -0.25) is 34.1 Å². The lowest BCUT2D eigenvalue weighted by Gasteiger charge is -2.48. The minimum atomic E-state index is -2.49. The van der Waals surface area contributed by atoms with Gasteiger partial charge < -0.3 is 38.5 Å². The summed E-state index contributed by atoms with van der Waals surface area (Å²) in [5.41, 5.74) is -0.296. The Balaban J connectivity index is 2.78. The number of rotatable bonds is 12. The molecule has 0 radical (unpaired) electrons. The minimum Gasteiger partial charge on any atom is -0.464 e. The van der Waals surface area contributed by atoms with Crippen molar-refractivity contribution in [3.05, 3.63) is 34.4 Å². The molecular formula is C26H32N2O15. The number of hydrogen-bond donors (Lipinski definition) is 1. The first-order valence-corrected chi connectivity index (χ1v) is 12.7. The van der Waals surface area contributed by atoms with Crippen LogP contribution in [0, 0.1) is 10.1 Å². The van der Waals surface area contributed by atoms with Gasteiger partial charge in [0.25, 0.3) is 5.69 Å². The Morgan fingerprint density at radius 1 is 0.977 bits per heavy atom. The summed E-state index contributed by atoms with van der Waals surface area (Å²) < 4.78 is 38.1. The predicted molar refractivity (Wildman–Crippen MR) is 139 cm³/mol. The molecule has 1 saturated heterocycles. The number of nitro benzene ring substituents is 1. The number of non-ortho nitro benzene ring substituents is 1. The molecule has 17 nitrogen and oxygen atoms in total. The molecule has 2 rings (SSSR count).